The lowest BCUT2D eigenvalue weighted by atomic mass is 9.98. The van der Waals surface area contributed by atoms with Crippen molar-refractivity contribution in [3.05, 3.63) is 69.1 Å². The fraction of sp³-hybridized carbons (Fsp3) is 0.417. The van der Waals surface area contributed by atoms with Gasteiger partial charge in [-0.05, 0) is 52.8 Å². The van der Waals surface area contributed by atoms with E-state index in [1.54, 1.807) is 57.7 Å². The first-order valence-electron chi connectivity index (χ1n) is 11.1. The van der Waals surface area contributed by atoms with Crippen molar-refractivity contribution in [1.82, 2.24) is 9.55 Å². The largest absolute Gasteiger partial charge is 0.614 e. The van der Waals surface area contributed by atoms with Crippen LogP contribution in [0.15, 0.2) is 53.8 Å². The number of hydrogen-bond donors (Lipinski definition) is 0. The topological polar surface area (TPSA) is 116 Å². The summed E-state index contributed by atoms with van der Waals surface area (Å²) in [6, 6.07) is 4.29. The lowest BCUT2D eigenvalue weighted by molar-refractivity contribution is -0.384. The monoisotopic (exact) mass is 470 g/mol. The Kier molecular flexibility index (Phi) is 6.94. The molecular formula is C24H30N4O6. The zero-order chi connectivity index (χ0) is 25.3. The number of nitro benzene ring substituents is 1. The van der Waals surface area contributed by atoms with Crippen molar-refractivity contribution in [2.45, 2.75) is 40.2 Å². The molecular weight excluding hydrogens is 440 g/mol. The molecule has 10 heteroatoms. The lowest BCUT2D eigenvalue weighted by Gasteiger charge is -2.45. The Hall–Kier alpha value is -3.50. The van der Waals surface area contributed by atoms with E-state index in [2.05, 4.69) is 0 Å². The molecule has 34 heavy (non-hydrogen) atoms. The number of hydroxylamine groups is 2. The van der Waals surface area contributed by atoms with Crippen LogP contribution in [0.25, 0.3) is 0 Å². The minimum atomic E-state index is -1.51. The van der Waals surface area contributed by atoms with Crippen LogP contribution in [0.2, 0.25) is 0 Å². The number of amides is 2. The average molecular weight is 471 g/mol. The molecule has 0 aromatic heterocycles. The van der Waals surface area contributed by atoms with Crippen molar-refractivity contribution in [2.24, 2.45) is 0 Å². The van der Waals surface area contributed by atoms with Crippen LogP contribution < -0.4 is 9.55 Å². The third kappa shape index (κ3) is 4.59. The highest BCUT2D eigenvalue weighted by Gasteiger charge is 2.51. The molecule has 1 aromatic rings. The number of allylic oxidation sites excluding steroid dienone is 3. The third-order valence-electron chi connectivity index (χ3n) is 5.58. The van der Waals surface area contributed by atoms with Crippen molar-refractivity contribution in [3.8, 4) is 0 Å². The number of nitro groups is 1. The van der Waals surface area contributed by atoms with Gasteiger partial charge >= 0.3 is 17.7 Å². The molecule has 0 spiro atoms. The number of hydrogen-bond acceptors (Lipinski definition) is 7. The molecule has 0 N–H and O–H groups in total. The Morgan fingerprint density at radius 2 is 1.74 bits per heavy atom. The van der Waals surface area contributed by atoms with Crippen molar-refractivity contribution in [3.63, 3.8) is 0 Å². The summed E-state index contributed by atoms with van der Waals surface area (Å²) in [5.74, 6) is -0.743. The molecule has 1 unspecified atom stereocenters. The van der Waals surface area contributed by atoms with E-state index < -0.39 is 32.9 Å². The predicted molar refractivity (Wildman–Crippen MR) is 130 cm³/mol. The van der Waals surface area contributed by atoms with Crippen molar-refractivity contribution >= 4 is 29.1 Å². The maximum Gasteiger partial charge on any atom is 0.410 e. The van der Waals surface area contributed by atoms with Crippen LogP contribution in [0.3, 0.4) is 0 Å². The van der Waals surface area contributed by atoms with Gasteiger partial charge in [0, 0.05) is 44.0 Å². The third-order valence-corrected chi connectivity index (χ3v) is 5.58. The number of carbonyl (C=O) groups excluding carboxylic acids is 2. The number of ether oxygens (including phenoxy) is 1. The molecule has 2 aliphatic heterocycles. The lowest BCUT2D eigenvalue weighted by Crippen LogP contribution is -2.57. The number of anilines is 1. The van der Waals surface area contributed by atoms with E-state index in [4.69, 9.17) is 4.74 Å². The van der Waals surface area contributed by atoms with E-state index in [0.29, 0.717) is 31.9 Å². The highest BCUT2D eigenvalue weighted by Crippen LogP contribution is 2.46. The van der Waals surface area contributed by atoms with E-state index in [-0.39, 0.29) is 17.0 Å². The second-order valence-corrected chi connectivity index (χ2v) is 9.10. The standard InChI is InChI=1S/C24H30N4O6/c1-6-8-18-20(9-7-2)28(33,22(18)29)21-11-10-17(16-19(21)27(31)32)25-12-14-26(15-13-25)23(30)34-24(3,4)5/h6-11,16H,12-15H2,1-5H3/b8-6-,9-7-. The molecule has 2 aliphatic rings. The average Bonchev–Trinajstić information content (AvgIpc) is 2.79. The molecule has 3 rings (SSSR count). The molecule has 0 bridgehead atoms. The highest BCUT2D eigenvalue weighted by atomic mass is 16.6. The van der Waals surface area contributed by atoms with Gasteiger partial charge in [0.2, 0.25) is 5.69 Å². The number of quaternary nitrogens is 1. The van der Waals surface area contributed by atoms with Crippen LogP contribution in [0, 0.1) is 15.3 Å². The van der Waals surface area contributed by atoms with E-state index in [0.717, 1.165) is 0 Å². The summed E-state index contributed by atoms with van der Waals surface area (Å²) < 4.78 is 3.90. The second-order valence-electron chi connectivity index (χ2n) is 9.10. The SMILES string of the molecule is C/C=C\C1=C(/C=C\C)[N+]([O-])(c2ccc(N3CCN(C(=O)OC(C)(C)C)CC3)cc2[N+](=O)[O-])C1=O. The summed E-state index contributed by atoms with van der Waals surface area (Å²) in [5.41, 5.74) is -0.295. The minimum Gasteiger partial charge on any atom is -0.614 e. The van der Waals surface area contributed by atoms with Crippen LogP contribution in [0.4, 0.5) is 21.9 Å². The van der Waals surface area contributed by atoms with Crippen molar-refractivity contribution in [2.75, 3.05) is 31.1 Å². The molecule has 1 aromatic carbocycles. The van der Waals surface area contributed by atoms with Gasteiger partial charge in [0.1, 0.15) is 11.2 Å². The number of nitrogens with zero attached hydrogens (tertiary/aromatic N) is 4. The summed E-state index contributed by atoms with van der Waals surface area (Å²) >= 11 is 0. The molecule has 0 aliphatic carbocycles. The van der Waals surface area contributed by atoms with Crippen LogP contribution in [-0.4, -0.2) is 53.6 Å². The smallest absolute Gasteiger partial charge is 0.410 e. The van der Waals surface area contributed by atoms with Crippen LogP contribution in [0.5, 0.6) is 0 Å². The first kappa shape index (κ1) is 25.1. The van der Waals surface area contributed by atoms with Gasteiger partial charge in [-0.15, -0.1) is 0 Å². The zero-order valence-electron chi connectivity index (χ0n) is 20.1. The first-order chi connectivity index (χ1) is 15.9. The number of rotatable bonds is 5. The van der Waals surface area contributed by atoms with Gasteiger partial charge in [-0.25, -0.2) is 14.2 Å². The van der Waals surface area contributed by atoms with E-state index in [9.17, 15) is 24.9 Å². The molecule has 2 amide bonds. The quantitative estimate of drug-likeness (QED) is 0.271. The molecule has 0 radical (unpaired) electrons. The van der Waals surface area contributed by atoms with Crippen LogP contribution >= 0.6 is 0 Å². The summed E-state index contributed by atoms with van der Waals surface area (Å²) in [7, 11) is 0. The molecule has 1 atom stereocenters. The second kappa shape index (κ2) is 9.40. The normalized spacial score (nSPS) is 21.4. The molecule has 0 saturated carbocycles. The Morgan fingerprint density at radius 3 is 2.26 bits per heavy atom. The zero-order valence-corrected chi connectivity index (χ0v) is 20.1. The Balaban J connectivity index is 1.88. The minimum absolute atomic E-state index is 0.160. The molecule has 1 fully saturated rings. The van der Waals surface area contributed by atoms with Gasteiger partial charge in [0.15, 0.2) is 5.70 Å². The number of carbonyl (C=O) groups is 2. The number of benzene rings is 1. The Morgan fingerprint density at radius 1 is 1.12 bits per heavy atom. The van der Waals surface area contributed by atoms with E-state index >= 15 is 0 Å². The van der Waals surface area contributed by atoms with Gasteiger partial charge in [-0.3, -0.25) is 10.1 Å². The van der Waals surface area contributed by atoms with Gasteiger partial charge in [-0.2, -0.15) is 0 Å². The van der Waals surface area contributed by atoms with E-state index in [1.165, 1.54) is 24.3 Å². The maximum atomic E-state index is 13.6. The maximum absolute atomic E-state index is 13.6. The van der Waals surface area contributed by atoms with Crippen molar-refractivity contribution < 1.29 is 19.2 Å². The first-order valence-corrected chi connectivity index (χ1v) is 11.1. The number of piperazine rings is 1. The van der Waals surface area contributed by atoms with Crippen LogP contribution in [0.1, 0.15) is 34.6 Å². The Labute approximate surface area is 198 Å². The van der Waals surface area contributed by atoms with Crippen molar-refractivity contribution in [1.29, 1.82) is 0 Å². The van der Waals surface area contributed by atoms with Gasteiger partial charge in [0.25, 0.3) is 0 Å². The molecule has 2 heterocycles. The Bertz CT molecular complexity index is 1090. The summed E-state index contributed by atoms with van der Waals surface area (Å²) in [6.07, 6.45) is 5.92. The summed E-state index contributed by atoms with van der Waals surface area (Å²) in [5, 5.41) is 25.5. The van der Waals surface area contributed by atoms with Gasteiger partial charge < -0.3 is 19.7 Å². The summed E-state index contributed by atoms with van der Waals surface area (Å²) in [4.78, 5) is 39.8. The molecule has 182 valence electrons. The van der Waals surface area contributed by atoms with Gasteiger partial charge in [-0.1, -0.05) is 12.2 Å². The van der Waals surface area contributed by atoms with E-state index in [1.807, 2.05) is 4.90 Å². The highest BCUT2D eigenvalue weighted by molar-refractivity contribution is 6.15. The fourth-order valence-electron chi connectivity index (χ4n) is 4.02. The summed E-state index contributed by atoms with van der Waals surface area (Å²) in [6.45, 7) is 10.5. The fourth-order valence-corrected chi connectivity index (χ4v) is 4.02. The molecule has 10 nitrogen and oxygen atoms in total. The van der Waals surface area contributed by atoms with Crippen LogP contribution in [-0.2, 0) is 9.53 Å². The molecule has 1 saturated heterocycles. The predicted octanol–water partition coefficient (Wildman–Crippen LogP) is 4.40. The van der Waals surface area contributed by atoms with Gasteiger partial charge in [0.05, 0.1) is 4.92 Å².